The summed E-state index contributed by atoms with van der Waals surface area (Å²) < 4.78 is 1.74. The van der Waals surface area contributed by atoms with E-state index in [1.807, 2.05) is 19.3 Å². The first-order valence-electron chi connectivity index (χ1n) is 2.75. The van der Waals surface area contributed by atoms with Gasteiger partial charge in [-0.05, 0) is 6.07 Å². The Hall–Kier alpha value is -0.580. The molecule has 0 bridgehead atoms. The normalized spacial score (nSPS) is 9.00. The summed E-state index contributed by atoms with van der Waals surface area (Å²) in [4.78, 5) is 0. The summed E-state index contributed by atoms with van der Waals surface area (Å²) in [5.41, 5.74) is 3.48. The Morgan fingerprint density at radius 2 is 2.50 bits per heavy atom. The van der Waals surface area contributed by atoms with Gasteiger partial charge in [-0.15, -0.1) is 12.4 Å². The topological polar surface area (TPSA) is 55.9 Å². The molecular weight excluding hydrogens is 152 g/mol. The predicted molar refractivity (Wildman–Crippen MR) is 41.5 cm³/mol. The van der Waals surface area contributed by atoms with E-state index >= 15 is 0 Å². The molecule has 0 spiro atoms. The molecule has 0 atom stereocenters. The Kier molecular flexibility index (Phi) is 4.02. The number of aryl methyl sites for hydroxylation is 1. The van der Waals surface area contributed by atoms with Crippen LogP contribution in [0, 0.1) is 0 Å². The van der Waals surface area contributed by atoms with Crippen LogP contribution < -0.4 is 11.3 Å². The molecule has 5 heteroatoms. The van der Waals surface area contributed by atoms with E-state index in [0.29, 0.717) is 6.54 Å². The molecular formula is C5H11ClN4. The van der Waals surface area contributed by atoms with Crippen LogP contribution in [0.1, 0.15) is 5.69 Å². The smallest absolute Gasteiger partial charge is 0.0776 e. The molecule has 4 nitrogen and oxygen atoms in total. The number of hydrogen-bond donors (Lipinski definition) is 2. The standard InChI is InChI=1S/C5H10N4.ClH/c1-9-3-2-5(8-9)4-7-6;/h2-3,7H,4,6H2,1H3;1H. The molecule has 0 unspecified atom stereocenters. The van der Waals surface area contributed by atoms with Crippen LogP contribution in [-0.2, 0) is 13.6 Å². The van der Waals surface area contributed by atoms with Gasteiger partial charge < -0.3 is 0 Å². The maximum Gasteiger partial charge on any atom is 0.0776 e. The molecule has 1 aromatic heterocycles. The zero-order chi connectivity index (χ0) is 6.69. The number of hydrazine groups is 1. The Morgan fingerprint density at radius 1 is 1.80 bits per heavy atom. The molecule has 0 aromatic carbocycles. The molecule has 0 fully saturated rings. The first-order chi connectivity index (χ1) is 4.33. The Balaban J connectivity index is 0.000000810. The average Bonchev–Trinajstić information content (AvgIpc) is 2.17. The minimum Gasteiger partial charge on any atom is -0.276 e. The fraction of sp³-hybridized carbons (Fsp3) is 0.400. The fourth-order valence-electron chi connectivity index (χ4n) is 0.662. The number of nitrogens with zero attached hydrogens (tertiary/aromatic N) is 2. The van der Waals surface area contributed by atoms with Gasteiger partial charge in [0.2, 0.25) is 0 Å². The summed E-state index contributed by atoms with van der Waals surface area (Å²) in [5.74, 6) is 5.07. The monoisotopic (exact) mass is 162 g/mol. The second-order valence-corrected chi connectivity index (χ2v) is 1.86. The van der Waals surface area contributed by atoms with Gasteiger partial charge in [-0.2, -0.15) is 5.10 Å². The van der Waals surface area contributed by atoms with Crippen LogP contribution in [0.15, 0.2) is 12.3 Å². The lowest BCUT2D eigenvalue weighted by molar-refractivity contribution is 0.683. The molecule has 0 aliphatic rings. The average molecular weight is 163 g/mol. The van der Waals surface area contributed by atoms with Gasteiger partial charge in [-0.25, -0.2) is 0 Å². The van der Waals surface area contributed by atoms with Gasteiger partial charge in [0, 0.05) is 13.2 Å². The molecule has 0 radical (unpaired) electrons. The molecule has 10 heavy (non-hydrogen) atoms. The predicted octanol–water partition coefficient (Wildman–Crippen LogP) is -0.195. The van der Waals surface area contributed by atoms with E-state index in [1.165, 1.54) is 0 Å². The van der Waals surface area contributed by atoms with E-state index in [9.17, 15) is 0 Å². The fourth-order valence-corrected chi connectivity index (χ4v) is 0.662. The third-order valence-corrected chi connectivity index (χ3v) is 1.05. The second kappa shape index (κ2) is 4.27. The summed E-state index contributed by atoms with van der Waals surface area (Å²) >= 11 is 0. The van der Waals surface area contributed by atoms with E-state index in [2.05, 4.69) is 10.5 Å². The van der Waals surface area contributed by atoms with E-state index in [0.717, 1.165) is 5.69 Å². The van der Waals surface area contributed by atoms with Gasteiger partial charge in [0.25, 0.3) is 0 Å². The molecule has 3 N–H and O–H groups in total. The summed E-state index contributed by atoms with van der Waals surface area (Å²) in [6, 6.07) is 1.92. The van der Waals surface area contributed by atoms with Gasteiger partial charge >= 0.3 is 0 Å². The van der Waals surface area contributed by atoms with Crippen LogP contribution >= 0.6 is 12.4 Å². The largest absolute Gasteiger partial charge is 0.276 e. The van der Waals surface area contributed by atoms with E-state index in [4.69, 9.17) is 5.84 Å². The van der Waals surface area contributed by atoms with E-state index < -0.39 is 0 Å². The van der Waals surface area contributed by atoms with E-state index in [1.54, 1.807) is 4.68 Å². The number of halogens is 1. The quantitative estimate of drug-likeness (QED) is 0.468. The third-order valence-electron chi connectivity index (χ3n) is 1.05. The van der Waals surface area contributed by atoms with Crippen molar-refractivity contribution in [3.8, 4) is 0 Å². The Morgan fingerprint density at radius 3 is 2.90 bits per heavy atom. The molecule has 0 amide bonds. The van der Waals surface area contributed by atoms with Gasteiger partial charge in [0.05, 0.1) is 12.2 Å². The minimum atomic E-state index is 0. The lowest BCUT2D eigenvalue weighted by Crippen LogP contribution is -2.21. The molecule has 0 aliphatic carbocycles. The summed E-state index contributed by atoms with van der Waals surface area (Å²) in [6.45, 7) is 0.626. The highest BCUT2D eigenvalue weighted by atomic mass is 35.5. The van der Waals surface area contributed by atoms with Crippen molar-refractivity contribution in [2.45, 2.75) is 6.54 Å². The van der Waals surface area contributed by atoms with Crippen molar-refractivity contribution >= 4 is 12.4 Å². The van der Waals surface area contributed by atoms with Crippen LogP contribution in [0.25, 0.3) is 0 Å². The SMILES string of the molecule is Cl.Cn1ccc(CNN)n1. The molecule has 1 rings (SSSR count). The van der Waals surface area contributed by atoms with Crippen molar-refractivity contribution in [3.63, 3.8) is 0 Å². The highest BCUT2D eigenvalue weighted by Gasteiger charge is 1.91. The highest BCUT2D eigenvalue weighted by molar-refractivity contribution is 5.85. The Labute approximate surface area is 65.8 Å². The van der Waals surface area contributed by atoms with Crippen molar-refractivity contribution in [3.05, 3.63) is 18.0 Å². The van der Waals surface area contributed by atoms with Crippen LogP contribution in [0.2, 0.25) is 0 Å². The Bertz CT molecular complexity index is 186. The summed E-state index contributed by atoms with van der Waals surface area (Å²) in [6.07, 6.45) is 1.88. The zero-order valence-electron chi connectivity index (χ0n) is 5.74. The van der Waals surface area contributed by atoms with Crippen molar-refractivity contribution < 1.29 is 0 Å². The lowest BCUT2D eigenvalue weighted by Gasteiger charge is -1.90. The highest BCUT2D eigenvalue weighted by Crippen LogP contribution is 1.90. The van der Waals surface area contributed by atoms with Gasteiger partial charge in [-0.3, -0.25) is 16.0 Å². The van der Waals surface area contributed by atoms with Gasteiger partial charge in [-0.1, -0.05) is 0 Å². The van der Waals surface area contributed by atoms with Crippen LogP contribution in [0.4, 0.5) is 0 Å². The van der Waals surface area contributed by atoms with Crippen LogP contribution in [0.5, 0.6) is 0 Å². The molecule has 1 aromatic rings. The summed E-state index contributed by atoms with van der Waals surface area (Å²) in [5, 5.41) is 4.07. The number of nitrogens with one attached hydrogen (secondary N) is 1. The minimum absolute atomic E-state index is 0. The van der Waals surface area contributed by atoms with Gasteiger partial charge in [0.1, 0.15) is 0 Å². The third kappa shape index (κ3) is 2.34. The first kappa shape index (κ1) is 9.42. The number of nitrogens with two attached hydrogens (primary N) is 1. The van der Waals surface area contributed by atoms with Crippen molar-refractivity contribution in [1.29, 1.82) is 0 Å². The molecule has 1 heterocycles. The molecule has 58 valence electrons. The van der Waals surface area contributed by atoms with Gasteiger partial charge in [0.15, 0.2) is 0 Å². The van der Waals surface area contributed by atoms with Crippen molar-refractivity contribution in [2.24, 2.45) is 12.9 Å². The molecule has 0 aliphatic heterocycles. The van der Waals surface area contributed by atoms with Crippen LogP contribution in [-0.4, -0.2) is 9.78 Å². The van der Waals surface area contributed by atoms with Crippen molar-refractivity contribution in [1.82, 2.24) is 15.2 Å². The first-order valence-corrected chi connectivity index (χ1v) is 2.75. The number of hydrogen-bond acceptors (Lipinski definition) is 3. The number of aromatic nitrogens is 2. The zero-order valence-corrected chi connectivity index (χ0v) is 6.56. The van der Waals surface area contributed by atoms with Crippen LogP contribution in [0.3, 0.4) is 0 Å². The van der Waals surface area contributed by atoms with E-state index in [-0.39, 0.29) is 12.4 Å². The van der Waals surface area contributed by atoms with Crippen molar-refractivity contribution in [2.75, 3.05) is 0 Å². The molecule has 0 saturated heterocycles. The maximum absolute atomic E-state index is 5.07. The molecule has 0 saturated carbocycles. The maximum atomic E-state index is 5.07. The lowest BCUT2D eigenvalue weighted by atomic mass is 10.4. The second-order valence-electron chi connectivity index (χ2n) is 1.86. The summed E-state index contributed by atoms with van der Waals surface area (Å²) in [7, 11) is 1.88. The number of rotatable bonds is 2.